The number of piperazine rings is 1. The van der Waals surface area contributed by atoms with Gasteiger partial charge in [0.2, 0.25) is 17.8 Å². The van der Waals surface area contributed by atoms with Crippen molar-refractivity contribution in [3.8, 4) is 6.01 Å². The number of nitrogen functional groups attached to an aromatic ring is 1. The fourth-order valence-electron chi connectivity index (χ4n) is 2.31. The molecule has 8 heteroatoms. The van der Waals surface area contributed by atoms with E-state index in [0.29, 0.717) is 19.0 Å². The molecule has 2 N–H and O–H groups in total. The first-order valence-corrected chi connectivity index (χ1v) is 6.93. The second-order valence-electron chi connectivity index (χ2n) is 5.88. The van der Waals surface area contributed by atoms with Crippen molar-refractivity contribution in [1.29, 1.82) is 0 Å². The molecule has 21 heavy (non-hydrogen) atoms. The minimum absolute atomic E-state index is 0.0130. The van der Waals surface area contributed by atoms with Crippen molar-refractivity contribution >= 4 is 17.8 Å². The minimum atomic E-state index is -0.740. The van der Waals surface area contributed by atoms with E-state index in [1.165, 1.54) is 0 Å². The molecule has 0 aliphatic carbocycles. The van der Waals surface area contributed by atoms with Crippen molar-refractivity contribution < 1.29 is 9.53 Å². The van der Waals surface area contributed by atoms with E-state index in [-0.39, 0.29) is 24.0 Å². The molecule has 1 aliphatic heterocycles. The summed E-state index contributed by atoms with van der Waals surface area (Å²) in [5, 5.41) is 0. The number of hydrogen-bond donors (Lipinski definition) is 1. The maximum absolute atomic E-state index is 12.3. The van der Waals surface area contributed by atoms with Gasteiger partial charge in [-0.3, -0.25) is 4.79 Å². The molecule has 8 nitrogen and oxygen atoms in total. The predicted octanol–water partition coefficient (Wildman–Crippen LogP) is 0.298. The molecule has 1 aliphatic rings. The molecule has 2 heterocycles. The molecule has 0 atom stereocenters. The quantitative estimate of drug-likeness (QED) is 0.856. The first-order chi connectivity index (χ1) is 9.71. The van der Waals surface area contributed by atoms with E-state index in [4.69, 9.17) is 10.5 Å². The zero-order valence-electron chi connectivity index (χ0n) is 13.1. The number of ether oxygens (including phenoxy) is 1. The van der Waals surface area contributed by atoms with Gasteiger partial charge in [0, 0.05) is 20.1 Å². The SMILES string of the molecule is CC(C)Oc1nc(N)nc(N2CCN(C)C(=O)C2(C)C)n1. The number of anilines is 2. The summed E-state index contributed by atoms with van der Waals surface area (Å²) in [4.78, 5) is 28.3. The number of carbonyl (C=O) groups excluding carboxylic acids is 1. The van der Waals surface area contributed by atoms with Gasteiger partial charge in [-0.25, -0.2) is 0 Å². The summed E-state index contributed by atoms with van der Waals surface area (Å²) < 4.78 is 5.48. The van der Waals surface area contributed by atoms with Crippen molar-refractivity contribution in [1.82, 2.24) is 19.9 Å². The molecule has 0 radical (unpaired) electrons. The molecule has 0 aromatic carbocycles. The van der Waals surface area contributed by atoms with Crippen molar-refractivity contribution in [2.45, 2.75) is 39.3 Å². The van der Waals surface area contributed by atoms with Gasteiger partial charge >= 0.3 is 6.01 Å². The molecular formula is C13H22N6O2. The second kappa shape index (κ2) is 5.34. The van der Waals surface area contributed by atoms with Crippen LogP contribution in [0.2, 0.25) is 0 Å². The van der Waals surface area contributed by atoms with Gasteiger partial charge in [0.05, 0.1) is 6.10 Å². The number of nitrogens with zero attached hydrogens (tertiary/aromatic N) is 5. The van der Waals surface area contributed by atoms with Crippen LogP contribution in [0.5, 0.6) is 6.01 Å². The third kappa shape index (κ3) is 2.98. The summed E-state index contributed by atoms with van der Waals surface area (Å²) in [6, 6.07) is 0.176. The van der Waals surface area contributed by atoms with Crippen molar-refractivity contribution in [3.05, 3.63) is 0 Å². The van der Waals surface area contributed by atoms with Crippen LogP contribution < -0.4 is 15.4 Å². The van der Waals surface area contributed by atoms with E-state index >= 15 is 0 Å². The van der Waals surface area contributed by atoms with Gasteiger partial charge < -0.3 is 20.3 Å². The summed E-state index contributed by atoms with van der Waals surface area (Å²) in [7, 11) is 1.79. The van der Waals surface area contributed by atoms with Crippen molar-refractivity contribution in [2.75, 3.05) is 30.8 Å². The van der Waals surface area contributed by atoms with E-state index in [1.54, 1.807) is 11.9 Å². The van der Waals surface area contributed by atoms with Crippen LogP contribution >= 0.6 is 0 Å². The molecule has 0 bridgehead atoms. The highest BCUT2D eigenvalue weighted by Crippen LogP contribution is 2.27. The van der Waals surface area contributed by atoms with Crippen LogP contribution in [0.3, 0.4) is 0 Å². The summed E-state index contributed by atoms with van der Waals surface area (Å²) >= 11 is 0. The maximum Gasteiger partial charge on any atom is 0.323 e. The Kier molecular flexibility index (Phi) is 3.89. The molecule has 0 spiro atoms. The van der Waals surface area contributed by atoms with Gasteiger partial charge in [-0.15, -0.1) is 0 Å². The smallest absolute Gasteiger partial charge is 0.323 e. The molecule has 1 saturated heterocycles. The summed E-state index contributed by atoms with van der Waals surface area (Å²) in [5.41, 5.74) is 4.99. The predicted molar refractivity (Wildman–Crippen MR) is 79.1 cm³/mol. The first-order valence-electron chi connectivity index (χ1n) is 6.93. The molecule has 0 unspecified atom stereocenters. The first kappa shape index (κ1) is 15.3. The van der Waals surface area contributed by atoms with Crippen LogP contribution in [0, 0.1) is 0 Å². The van der Waals surface area contributed by atoms with Gasteiger partial charge in [-0.05, 0) is 27.7 Å². The lowest BCUT2D eigenvalue weighted by molar-refractivity contribution is -0.136. The van der Waals surface area contributed by atoms with Crippen LogP contribution in [0.4, 0.5) is 11.9 Å². The monoisotopic (exact) mass is 294 g/mol. The van der Waals surface area contributed by atoms with Gasteiger partial charge in [0.25, 0.3) is 0 Å². The average Bonchev–Trinajstić information content (AvgIpc) is 2.34. The van der Waals surface area contributed by atoms with E-state index < -0.39 is 5.54 Å². The number of nitrogens with two attached hydrogens (primary N) is 1. The van der Waals surface area contributed by atoms with Crippen LogP contribution in [-0.2, 0) is 4.79 Å². The highest BCUT2D eigenvalue weighted by Gasteiger charge is 2.42. The summed E-state index contributed by atoms with van der Waals surface area (Å²) in [6.45, 7) is 8.67. The Hall–Kier alpha value is -2.12. The number of carbonyl (C=O) groups is 1. The van der Waals surface area contributed by atoms with Gasteiger partial charge in [0.1, 0.15) is 5.54 Å². The molecule has 1 aromatic rings. The molecule has 0 saturated carbocycles. The Morgan fingerprint density at radius 2 is 1.90 bits per heavy atom. The Bertz CT molecular complexity index is 545. The Labute approximate surface area is 124 Å². The lowest BCUT2D eigenvalue weighted by Gasteiger charge is -2.44. The summed E-state index contributed by atoms with van der Waals surface area (Å²) in [5.74, 6) is 0.460. The molecule has 1 aromatic heterocycles. The highest BCUT2D eigenvalue weighted by atomic mass is 16.5. The standard InChI is InChI=1S/C13H22N6O2/c1-8(2)21-12-16-10(14)15-11(17-12)19-7-6-18(5)9(20)13(19,3)4/h8H,6-7H2,1-5H3,(H2,14,15,16,17). The topological polar surface area (TPSA) is 97.5 Å². The third-order valence-electron chi connectivity index (χ3n) is 3.41. The fraction of sp³-hybridized carbons (Fsp3) is 0.692. The minimum Gasteiger partial charge on any atom is -0.461 e. The van der Waals surface area contributed by atoms with Crippen LogP contribution in [-0.4, -0.2) is 57.5 Å². The normalized spacial score (nSPS) is 18.3. The van der Waals surface area contributed by atoms with E-state index in [1.807, 2.05) is 32.6 Å². The Balaban J connectivity index is 2.37. The van der Waals surface area contributed by atoms with E-state index in [9.17, 15) is 4.79 Å². The molecular weight excluding hydrogens is 272 g/mol. The molecule has 1 amide bonds. The maximum atomic E-state index is 12.3. The largest absolute Gasteiger partial charge is 0.461 e. The second-order valence-corrected chi connectivity index (χ2v) is 5.88. The molecule has 2 rings (SSSR count). The van der Waals surface area contributed by atoms with E-state index in [2.05, 4.69) is 15.0 Å². The highest BCUT2D eigenvalue weighted by molar-refractivity contribution is 5.89. The number of amides is 1. The van der Waals surface area contributed by atoms with Gasteiger partial charge in [-0.2, -0.15) is 15.0 Å². The summed E-state index contributed by atoms with van der Waals surface area (Å²) in [6.07, 6.45) is -0.0678. The fourth-order valence-corrected chi connectivity index (χ4v) is 2.31. The molecule has 116 valence electrons. The zero-order chi connectivity index (χ0) is 15.8. The van der Waals surface area contributed by atoms with Crippen LogP contribution in [0.1, 0.15) is 27.7 Å². The van der Waals surface area contributed by atoms with Crippen LogP contribution in [0.25, 0.3) is 0 Å². The van der Waals surface area contributed by atoms with Crippen molar-refractivity contribution in [3.63, 3.8) is 0 Å². The molecule has 1 fully saturated rings. The van der Waals surface area contributed by atoms with Crippen LogP contribution in [0.15, 0.2) is 0 Å². The zero-order valence-corrected chi connectivity index (χ0v) is 13.1. The van der Waals surface area contributed by atoms with Gasteiger partial charge in [0.15, 0.2) is 0 Å². The number of hydrogen-bond acceptors (Lipinski definition) is 7. The number of rotatable bonds is 3. The lowest BCUT2D eigenvalue weighted by Crippen LogP contribution is -2.62. The van der Waals surface area contributed by atoms with Gasteiger partial charge in [-0.1, -0.05) is 0 Å². The number of aromatic nitrogens is 3. The average molecular weight is 294 g/mol. The van der Waals surface area contributed by atoms with Crippen molar-refractivity contribution in [2.24, 2.45) is 0 Å². The Morgan fingerprint density at radius 1 is 1.24 bits per heavy atom. The van der Waals surface area contributed by atoms with E-state index in [0.717, 1.165) is 0 Å². The number of likely N-dealkylation sites (N-methyl/N-ethyl adjacent to an activating group) is 1. The third-order valence-corrected chi connectivity index (χ3v) is 3.41. The lowest BCUT2D eigenvalue weighted by atomic mass is 9.98. The Morgan fingerprint density at radius 3 is 2.52 bits per heavy atom.